The molecular weight excluding hydrogens is 430 g/mol. The summed E-state index contributed by atoms with van der Waals surface area (Å²) >= 11 is 1.78. The number of fused-ring (bicyclic) bond motifs is 3. The van der Waals surface area contributed by atoms with E-state index in [4.69, 9.17) is 14.7 Å². The number of hydrogen-bond donors (Lipinski definition) is 1. The lowest BCUT2D eigenvalue weighted by Gasteiger charge is -2.37. The number of thiophene rings is 1. The van der Waals surface area contributed by atoms with Gasteiger partial charge < -0.3 is 19.9 Å². The van der Waals surface area contributed by atoms with Crippen LogP contribution in [0.25, 0.3) is 21.5 Å². The summed E-state index contributed by atoms with van der Waals surface area (Å²) in [6, 6.07) is 11.0. The fourth-order valence-electron chi connectivity index (χ4n) is 4.74. The van der Waals surface area contributed by atoms with Crippen LogP contribution in [0.3, 0.4) is 0 Å². The third kappa shape index (κ3) is 4.14. The number of anilines is 1. The second kappa shape index (κ2) is 9.41. The van der Waals surface area contributed by atoms with E-state index in [1.54, 1.807) is 11.3 Å². The monoisotopic (exact) mass is 463 g/mol. The van der Waals surface area contributed by atoms with E-state index in [9.17, 15) is 0 Å². The molecule has 0 spiro atoms. The molecular formula is C26H33N5OS. The molecule has 2 aromatic heterocycles. The van der Waals surface area contributed by atoms with Crippen LogP contribution in [0.1, 0.15) is 36.3 Å². The number of benzene rings is 1. The number of aryl methyl sites for hydroxylation is 2. The number of nitrogens with one attached hydrogen (secondary N) is 1. The van der Waals surface area contributed by atoms with Crippen LogP contribution >= 0.6 is 11.3 Å². The highest BCUT2D eigenvalue weighted by Crippen LogP contribution is 2.44. The minimum absolute atomic E-state index is 0.309. The highest BCUT2D eigenvalue weighted by atomic mass is 32.1. The third-order valence-electron chi connectivity index (χ3n) is 6.44. The number of nitrogens with zero attached hydrogens (tertiary/aromatic N) is 4. The summed E-state index contributed by atoms with van der Waals surface area (Å²) < 4.78 is 6.08. The Labute approximate surface area is 200 Å². The number of pyridine rings is 1. The van der Waals surface area contributed by atoms with E-state index < -0.39 is 0 Å². The zero-order valence-corrected chi connectivity index (χ0v) is 20.8. The fourth-order valence-corrected chi connectivity index (χ4v) is 6.03. The van der Waals surface area contributed by atoms with Gasteiger partial charge in [-0.15, -0.1) is 11.3 Å². The SMILES string of the molecule is CCCc1cc(-c2ccc(C)cc2)nc2sc3c(c12)N(C)C(OCC)N=C3N1CCNCC1. The topological polar surface area (TPSA) is 53.0 Å². The molecule has 1 saturated heterocycles. The maximum absolute atomic E-state index is 6.08. The summed E-state index contributed by atoms with van der Waals surface area (Å²) in [5, 5.41) is 4.72. The predicted molar refractivity (Wildman–Crippen MR) is 139 cm³/mol. The van der Waals surface area contributed by atoms with Crippen LogP contribution in [0.15, 0.2) is 35.3 Å². The van der Waals surface area contributed by atoms with Gasteiger partial charge in [0, 0.05) is 50.8 Å². The van der Waals surface area contributed by atoms with Crippen LogP contribution < -0.4 is 10.2 Å². The first kappa shape index (κ1) is 22.3. The standard InChI is InChI=1S/C26H33N5OS/c1-5-7-19-16-20(18-10-8-17(3)9-11-18)28-25-21(19)22-23(33-25)24(31-14-12-27-13-15-31)29-26(30(22)4)32-6-2/h8-11,16,26-27H,5-7,12-15H2,1-4H3. The van der Waals surface area contributed by atoms with Crippen LogP contribution in [0.2, 0.25) is 0 Å². The van der Waals surface area contributed by atoms with E-state index in [1.807, 2.05) is 6.92 Å². The number of aliphatic imine (C=N–C) groups is 1. The van der Waals surface area contributed by atoms with E-state index in [0.29, 0.717) is 6.61 Å². The Balaban J connectivity index is 1.70. The second-order valence-corrected chi connectivity index (χ2v) is 9.82. The van der Waals surface area contributed by atoms with E-state index in [0.717, 1.165) is 55.4 Å². The lowest BCUT2D eigenvalue weighted by molar-refractivity contribution is 0.0683. The molecule has 33 heavy (non-hydrogen) atoms. The average Bonchev–Trinajstić information content (AvgIpc) is 3.22. The number of piperazine rings is 1. The molecule has 3 aromatic rings. The van der Waals surface area contributed by atoms with Crippen LogP contribution in [0, 0.1) is 6.92 Å². The van der Waals surface area contributed by atoms with Crippen molar-refractivity contribution < 1.29 is 4.74 Å². The largest absolute Gasteiger partial charge is 0.353 e. The molecule has 5 rings (SSSR count). The van der Waals surface area contributed by atoms with E-state index in [-0.39, 0.29) is 6.35 Å². The number of hydrogen-bond acceptors (Lipinski definition) is 7. The quantitative estimate of drug-likeness (QED) is 0.597. The first-order chi connectivity index (χ1) is 16.1. The van der Waals surface area contributed by atoms with Crippen molar-refractivity contribution in [2.75, 3.05) is 44.7 Å². The molecule has 6 nitrogen and oxygen atoms in total. The maximum atomic E-state index is 6.08. The van der Waals surface area contributed by atoms with Crippen molar-refractivity contribution in [2.24, 2.45) is 4.99 Å². The van der Waals surface area contributed by atoms with Gasteiger partial charge in [0.15, 0.2) is 0 Å². The molecule has 7 heteroatoms. The van der Waals surface area contributed by atoms with Crippen LogP contribution in [-0.4, -0.2) is 61.9 Å². The van der Waals surface area contributed by atoms with Gasteiger partial charge in [-0.25, -0.2) is 9.98 Å². The number of aromatic nitrogens is 1. The molecule has 174 valence electrons. The van der Waals surface area contributed by atoms with Crippen molar-refractivity contribution in [1.29, 1.82) is 0 Å². The zero-order chi connectivity index (χ0) is 22.9. The molecule has 2 aliphatic heterocycles. The van der Waals surface area contributed by atoms with Crippen molar-refractivity contribution in [2.45, 2.75) is 40.0 Å². The number of amidine groups is 1. The maximum Gasteiger partial charge on any atom is 0.229 e. The van der Waals surface area contributed by atoms with Gasteiger partial charge in [0.05, 0.1) is 16.3 Å². The molecule has 0 bridgehead atoms. The van der Waals surface area contributed by atoms with Crippen molar-refractivity contribution in [3.8, 4) is 11.3 Å². The second-order valence-electron chi connectivity index (χ2n) is 8.82. The Morgan fingerprint density at radius 1 is 1.15 bits per heavy atom. The van der Waals surface area contributed by atoms with Gasteiger partial charge in [0.2, 0.25) is 6.35 Å². The Hall–Kier alpha value is -2.48. The minimum atomic E-state index is -0.309. The zero-order valence-electron chi connectivity index (χ0n) is 20.0. The molecule has 2 aliphatic rings. The summed E-state index contributed by atoms with van der Waals surface area (Å²) in [6.07, 6.45) is 1.80. The molecule has 1 unspecified atom stereocenters. The summed E-state index contributed by atoms with van der Waals surface area (Å²) in [6.45, 7) is 10.9. The molecule has 0 aliphatic carbocycles. The molecule has 1 N–H and O–H groups in total. The molecule has 4 heterocycles. The highest BCUT2D eigenvalue weighted by molar-refractivity contribution is 7.21. The Morgan fingerprint density at radius 3 is 2.61 bits per heavy atom. The summed E-state index contributed by atoms with van der Waals surface area (Å²) in [5.74, 6) is 1.06. The van der Waals surface area contributed by atoms with Crippen molar-refractivity contribution in [3.05, 3.63) is 46.3 Å². The number of ether oxygens (including phenoxy) is 1. The molecule has 1 aromatic carbocycles. The molecule has 1 fully saturated rings. The highest BCUT2D eigenvalue weighted by Gasteiger charge is 2.34. The van der Waals surface area contributed by atoms with Gasteiger partial charge in [-0.3, -0.25) is 0 Å². The summed E-state index contributed by atoms with van der Waals surface area (Å²) in [4.78, 5) is 17.2. The van der Waals surface area contributed by atoms with E-state index in [2.05, 4.69) is 66.3 Å². The van der Waals surface area contributed by atoms with Gasteiger partial charge in [0.1, 0.15) is 10.7 Å². The molecule has 0 saturated carbocycles. The molecule has 0 amide bonds. The third-order valence-corrected chi connectivity index (χ3v) is 7.51. The summed E-state index contributed by atoms with van der Waals surface area (Å²) in [5.41, 5.74) is 6.07. The lowest BCUT2D eigenvalue weighted by Crippen LogP contribution is -2.49. The summed E-state index contributed by atoms with van der Waals surface area (Å²) in [7, 11) is 2.10. The van der Waals surface area contributed by atoms with E-state index >= 15 is 0 Å². The first-order valence-corrected chi connectivity index (χ1v) is 12.8. The van der Waals surface area contributed by atoms with Crippen LogP contribution in [-0.2, 0) is 11.2 Å². The Kier molecular flexibility index (Phi) is 6.36. The molecule has 1 atom stereocenters. The van der Waals surface area contributed by atoms with E-state index in [1.165, 1.54) is 32.6 Å². The Bertz CT molecular complexity index is 1160. The van der Waals surface area contributed by atoms with Gasteiger partial charge >= 0.3 is 0 Å². The lowest BCUT2D eigenvalue weighted by atomic mass is 10.0. The molecule has 0 radical (unpaired) electrons. The van der Waals surface area contributed by atoms with Crippen LogP contribution in [0.5, 0.6) is 0 Å². The van der Waals surface area contributed by atoms with Crippen molar-refractivity contribution in [1.82, 2.24) is 15.2 Å². The number of rotatable bonds is 5. The van der Waals surface area contributed by atoms with Crippen molar-refractivity contribution in [3.63, 3.8) is 0 Å². The first-order valence-electron chi connectivity index (χ1n) is 12.0. The predicted octanol–water partition coefficient (Wildman–Crippen LogP) is 4.65. The van der Waals surface area contributed by atoms with Gasteiger partial charge in [-0.2, -0.15) is 0 Å². The van der Waals surface area contributed by atoms with Gasteiger partial charge in [-0.05, 0) is 31.9 Å². The smallest absolute Gasteiger partial charge is 0.229 e. The van der Waals surface area contributed by atoms with Crippen LogP contribution in [0.4, 0.5) is 5.69 Å². The average molecular weight is 464 g/mol. The normalized spacial score (nSPS) is 18.5. The minimum Gasteiger partial charge on any atom is -0.353 e. The van der Waals surface area contributed by atoms with Crippen molar-refractivity contribution >= 4 is 33.1 Å². The van der Waals surface area contributed by atoms with Gasteiger partial charge in [0.25, 0.3) is 0 Å². The Morgan fingerprint density at radius 2 is 1.91 bits per heavy atom. The fraction of sp³-hybridized carbons (Fsp3) is 0.462. The van der Waals surface area contributed by atoms with Gasteiger partial charge in [-0.1, -0.05) is 43.2 Å².